The number of aromatic nitrogens is 4. The molecule has 0 spiro atoms. The molecule has 0 aliphatic rings. The van der Waals surface area contributed by atoms with Gasteiger partial charge in [-0.05, 0) is 70.4 Å². The lowest BCUT2D eigenvalue weighted by Gasteiger charge is -1.89. The van der Waals surface area contributed by atoms with E-state index in [2.05, 4.69) is 32.1 Å². The summed E-state index contributed by atoms with van der Waals surface area (Å²) < 4.78 is 0. The number of rotatable bonds is 0. The van der Waals surface area contributed by atoms with Crippen molar-refractivity contribution in [2.75, 3.05) is 0 Å². The van der Waals surface area contributed by atoms with Gasteiger partial charge in [0.25, 0.3) is 0 Å². The summed E-state index contributed by atoms with van der Waals surface area (Å²) in [5.74, 6) is 0.829. The van der Waals surface area contributed by atoms with Crippen LogP contribution >= 0.6 is 0 Å². The zero-order valence-electron chi connectivity index (χ0n) is 15.4. The first kappa shape index (κ1) is 19.4. The summed E-state index contributed by atoms with van der Waals surface area (Å²) in [6.07, 6.45) is 7.36. The normalized spacial score (nSPS) is 9.25. The van der Waals surface area contributed by atoms with Gasteiger partial charge in [0.05, 0.1) is 0 Å². The van der Waals surface area contributed by atoms with Gasteiger partial charge < -0.3 is 0 Å². The first-order valence-corrected chi connectivity index (χ1v) is 7.90. The van der Waals surface area contributed by atoms with E-state index in [1.807, 2.05) is 78.5 Å². The smallest absolute Gasteiger partial charge is 0.125 e. The van der Waals surface area contributed by atoms with Crippen LogP contribution in [0, 0.1) is 41.5 Å². The molecule has 4 heteroatoms. The van der Waals surface area contributed by atoms with Gasteiger partial charge in [-0.3, -0.25) is 9.97 Å². The summed E-state index contributed by atoms with van der Waals surface area (Å²) in [7, 11) is 0. The molecule has 0 aromatic carbocycles. The maximum Gasteiger partial charge on any atom is 0.125 e. The van der Waals surface area contributed by atoms with Crippen molar-refractivity contribution in [1.29, 1.82) is 0 Å². The van der Waals surface area contributed by atoms with Crippen molar-refractivity contribution in [3.63, 3.8) is 0 Å². The third-order valence-corrected chi connectivity index (χ3v) is 3.03. The maximum absolute atomic E-state index is 4.08. The quantitative estimate of drug-likeness (QED) is 0.612. The minimum absolute atomic E-state index is 0.829. The van der Waals surface area contributed by atoms with Crippen LogP contribution in [0.5, 0.6) is 0 Å². The highest BCUT2D eigenvalue weighted by Gasteiger charge is 1.83. The lowest BCUT2D eigenvalue weighted by atomic mass is 10.3. The molecule has 4 nitrogen and oxygen atoms in total. The Hall–Kier alpha value is -2.62. The van der Waals surface area contributed by atoms with Crippen LogP contribution in [0.15, 0.2) is 49.1 Å². The van der Waals surface area contributed by atoms with E-state index in [9.17, 15) is 0 Å². The number of nitrogens with zero attached hydrogens (tertiary/aromatic N) is 4. The van der Waals surface area contributed by atoms with Gasteiger partial charge in [0, 0.05) is 36.2 Å². The third-order valence-electron chi connectivity index (χ3n) is 3.03. The summed E-state index contributed by atoms with van der Waals surface area (Å²) in [5.41, 5.74) is 5.70. The highest BCUT2D eigenvalue weighted by Crippen LogP contribution is 1.95. The van der Waals surface area contributed by atoms with Crippen LogP contribution in [0.3, 0.4) is 0 Å². The van der Waals surface area contributed by atoms with Gasteiger partial charge in [0.15, 0.2) is 0 Å². The Morgan fingerprint density at radius 3 is 1.08 bits per heavy atom. The fraction of sp³-hybridized carbons (Fsp3) is 0.300. The van der Waals surface area contributed by atoms with Crippen molar-refractivity contribution < 1.29 is 0 Å². The van der Waals surface area contributed by atoms with Crippen LogP contribution in [-0.2, 0) is 0 Å². The highest BCUT2D eigenvalue weighted by molar-refractivity contribution is 5.11. The molecular formula is C20H26N4. The number of hydrogen-bond donors (Lipinski definition) is 0. The molecule has 3 rings (SSSR count). The fourth-order valence-electron chi connectivity index (χ4n) is 1.54. The second-order valence-electron chi connectivity index (χ2n) is 5.76. The molecule has 0 aliphatic carbocycles. The molecule has 0 aliphatic heterocycles. The topological polar surface area (TPSA) is 51.6 Å². The SMILES string of the molecule is Cc1ccc(C)nc1.Cc1ccc(C)nc1.Cc1cnc(C)nc1. The summed E-state index contributed by atoms with van der Waals surface area (Å²) in [5, 5.41) is 0. The van der Waals surface area contributed by atoms with Crippen LogP contribution in [0.2, 0.25) is 0 Å². The third kappa shape index (κ3) is 8.73. The van der Waals surface area contributed by atoms with E-state index in [0.29, 0.717) is 0 Å². The molecule has 0 saturated heterocycles. The van der Waals surface area contributed by atoms with E-state index in [4.69, 9.17) is 0 Å². The molecule has 0 radical (unpaired) electrons. The molecule has 0 unspecified atom stereocenters. The van der Waals surface area contributed by atoms with Crippen LogP contribution in [-0.4, -0.2) is 19.9 Å². The highest BCUT2D eigenvalue weighted by atomic mass is 14.8. The first-order valence-electron chi connectivity index (χ1n) is 7.90. The van der Waals surface area contributed by atoms with Crippen molar-refractivity contribution in [3.05, 3.63) is 83.0 Å². The van der Waals surface area contributed by atoms with E-state index in [1.54, 1.807) is 0 Å². The Morgan fingerprint density at radius 1 is 0.458 bits per heavy atom. The summed E-state index contributed by atoms with van der Waals surface area (Å²) in [4.78, 5) is 16.1. The Morgan fingerprint density at radius 2 is 0.833 bits per heavy atom. The van der Waals surface area contributed by atoms with Crippen molar-refractivity contribution in [3.8, 4) is 0 Å². The van der Waals surface area contributed by atoms with E-state index in [1.165, 1.54) is 11.1 Å². The number of aryl methyl sites for hydroxylation is 6. The minimum atomic E-state index is 0.829. The van der Waals surface area contributed by atoms with Crippen molar-refractivity contribution in [2.24, 2.45) is 0 Å². The molecule has 0 saturated carbocycles. The lowest BCUT2D eigenvalue weighted by Crippen LogP contribution is -1.84. The molecule has 3 aromatic heterocycles. The summed E-state index contributed by atoms with van der Waals surface area (Å²) in [6, 6.07) is 8.13. The van der Waals surface area contributed by atoms with Crippen LogP contribution < -0.4 is 0 Å². The van der Waals surface area contributed by atoms with Gasteiger partial charge >= 0.3 is 0 Å². The minimum Gasteiger partial charge on any atom is -0.261 e. The Kier molecular flexibility index (Phi) is 8.26. The first-order chi connectivity index (χ1) is 11.4. The van der Waals surface area contributed by atoms with Crippen molar-refractivity contribution in [2.45, 2.75) is 41.5 Å². The fourth-order valence-corrected chi connectivity index (χ4v) is 1.54. The Balaban J connectivity index is 0.000000180. The van der Waals surface area contributed by atoms with Crippen LogP contribution in [0.4, 0.5) is 0 Å². The Labute approximate surface area is 145 Å². The van der Waals surface area contributed by atoms with E-state index in [-0.39, 0.29) is 0 Å². The standard InChI is InChI=1S/2C7H9N.C6H8N2/c2*1-6-3-4-7(2)8-5-6;1-5-3-7-6(2)8-4-5/h2*3-5H,1-2H3;3-4H,1-2H3. The largest absolute Gasteiger partial charge is 0.261 e. The molecule has 0 fully saturated rings. The van der Waals surface area contributed by atoms with Gasteiger partial charge in [-0.15, -0.1) is 0 Å². The van der Waals surface area contributed by atoms with E-state index >= 15 is 0 Å². The van der Waals surface area contributed by atoms with Crippen LogP contribution in [0.1, 0.15) is 33.9 Å². The lowest BCUT2D eigenvalue weighted by molar-refractivity contribution is 1.03. The molecule has 0 amide bonds. The number of pyridine rings is 2. The molecular weight excluding hydrogens is 296 g/mol. The molecule has 0 N–H and O–H groups in total. The average Bonchev–Trinajstić information content (AvgIpc) is 2.57. The van der Waals surface area contributed by atoms with Gasteiger partial charge in [0.1, 0.15) is 5.82 Å². The summed E-state index contributed by atoms with van der Waals surface area (Å²) in [6.45, 7) is 11.9. The molecule has 0 bridgehead atoms. The average molecular weight is 322 g/mol. The predicted molar refractivity (Wildman–Crippen MR) is 98.9 cm³/mol. The number of hydrogen-bond acceptors (Lipinski definition) is 4. The van der Waals surface area contributed by atoms with Crippen molar-refractivity contribution >= 4 is 0 Å². The molecule has 0 atom stereocenters. The van der Waals surface area contributed by atoms with E-state index < -0.39 is 0 Å². The zero-order chi connectivity index (χ0) is 17.9. The van der Waals surface area contributed by atoms with E-state index in [0.717, 1.165) is 22.8 Å². The second-order valence-corrected chi connectivity index (χ2v) is 5.76. The van der Waals surface area contributed by atoms with Gasteiger partial charge in [-0.25, -0.2) is 9.97 Å². The molecule has 3 aromatic rings. The molecule has 126 valence electrons. The second kappa shape index (κ2) is 10.2. The van der Waals surface area contributed by atoms with Gasteiger partial charge in [0.2, 0.25) is 0 Å². The predicted octanol–water partition coefficient (Wildman–Crippen LogP) is 4.49. The van der Waals surface area contributed by atoms with Crippen molar-refractivity contribution in [1.82, 2.24) is 19.9 Å². The summed E-state index contributed by atoms with van der Waals surface area (Å²) >= 11 is 0. The van der Waals surface area contributed by atoms with Gasteiger partial charge in [-0.2, -0.15) is 0 Å². The molecule has 3 heterocycles. The maximum atomic E-state index is 4.08. The van der Waals surface area contributed by atoms with Crippen LogP contribution in [0.25, 0.3) is 0 Å². The zero-order valence-corrected chi connectivity index (χ0v) is 15.4. The van der Waals surface area contributed by atoms with Gasteiger partial charge in [-0.1, -0.05) is 12.1 Å². The monoisotopic (exact) mass is 322 g/mol. The molecule has 24 heavy (non-hydrogen) atoms. The Bertz CT molecular complexity index is 536.